The van der Waals surface area contributed by atoms with Crippen LogP contribution in [0.3, 0.4) is 0 Å². The first-order valence-corrected chi connectivity index (χ1v) is 8.05. The summed E-state index contributed by atoms with van der Waals surface area (Å²) in [6.45, 7) is 12.6. The number of ether oxygens (including phenoxy) is 1. The third-order valence-electron chi connectivity index (χ3n) is 3.65. The maximum atomic E-state index is 12.1. The van der Waals surface area contributed by atoms with Gasteiger partial charge in [0.2, 0.25) is 0 Å². The highest BCUT2D eigenvalue weighted by Crippen LogP contribution is 2.31. The van der Waals surface area contributed by atoms with Gasteiger partial charge in [0.25, 0.3) is 0 Å². The van der Waals surface area contributed by atoms with Crippen LogP contribution in [-0.2, 0) is 4.74 Å². The van der Waals surface area contributed by atoms with E-state index in [0.717, 1.165) is 23.8 Å². The molecule has 0 aliphatic carbocycles. The Morgan fingerprint density at radius 1 is 1.14 bits per heavy atom. The number of nitrogens with zero attached hydrogens (tertiary/aromatic N) is 2. The molecular weight excluding hydrogens is 300 g/mol. The van der Waals surface area contributed by atoms with Gasteiger partial charge in [0, 0.05) is 26.2 Å². The van der Waals surface area contributed by atoms with Crippen molar-refractivity contribution < 1.29 is 9.53 Å². The van der Waals surface area contributed by atoms with Gasteiger partial charge in [-0.15, -0.1) is 0 Å². The van der Waals surface area contributed by atoms with Crippen molar-refractivity contribution in [3.8, 4) is 0 Å². The van der Waals surface area contributed by atoms with Crippen LogP contribution < -0.4 is 4.90 Å². The van der Waals surface area contributed by atoms with Gasteiger partial charge in [-0.2, -0.15) is 0 Å². The zero-order valence-corrected chi connectivity index (χ0v) is 14.8. The molecule has 22 heavy (non-hydrogen) atoms. The summed E-state index contributed by atoms with van der Waals surface area (Å²) in [5, 5.41) is 0.781. The number of benzene rings is 1. The second-order valence-corrected chi connectivity index (χ2v) is 7.27. The van der Waals surface area contributed by atoms with Gasteiger partial charge in [-0.05, 0) is 51.8 Å². The van der Waals surface area contributed by atoms with Gasteiger partial charge in [-0.1, -0.05) is 17.7 Å². The minimum Gasteiger partial charge on any atom is -0.444 e. The van der Waals surface area contributed by atoms with Gasteiger partial charge in [0.15, 0.2) is 0 Å². The molecule has 4 nitrogen and oxygen atoms in total. The molecule has 0 N–H and O–H groups in total. The van der Waals surface area contributed by atoms with E-state index >= 15 is 0 Å². The van der Waals surface area contributed by atoms with Crippen LogP contribution in [0.15, 0.2) is 12.1 Å². The van der Waals surface area contributed by atoms with Crippen molar-refractivity contribution in [2.24, 2.45) is 0 Å². The number of piperazine rings is 1. The minimum atomic E-state index is -0.453. The van der Waals surface area contributed by atoms with Crippen molar-refractivity contribution in [3.63, 3.8) is 0 Å². The van der Waals surface area contributed by atoms with E-state index in [0.29, 0.717) is 13.1 Å². The van der Waals surface area contributed by atoms with Crippen molar-refractivity contribution in [2.45, 2.75) is 40.2 Å². The van der Waals surface area contributed by atoms with Gasteiger partial charge in [-0.3, -0.25) is 0 Å². The van der Waals surface area contributed by atoms with Crippen LogP contribution in [0, 0.1) is 13.8 Å². The van der Waals surface area contributed by atoms with E-state index in [1.165, 1.54) is 11.1 Å². The number of hydrogen-bond acceptors (Lipinski definition) is 3. The van der Waals surface area contributed by atoms with Crippen molar-refractivity contribution in [3.05, 3.63) is 28.3 Å². The summed E-state index contributed by atoms with van der Waals surface area (Å²) in [4.78, 5) is 16.1. The predicted molar refractivity (Wildman–Crippen MR) is 90.9 cm³/mol. The molecule has 1 aliphatic rings. The summed E-state index contributed by atoms with van der Waals surface area (Å²) >= 11 is 6.41. The first-order chi connectivity index (χ1) is 10.2. The summed E-state index contributed by atoms with van der Waals surface area (Å²) < 4.78 is 5.42. The summed E-state index contributed by atoms with van der Waals surface area (Å²) in [5.41, 5.74) is 2.97. The minimum absolute atomic E-state index is 0.237. The van der Waals surface area contributed by atoms with Gasteiger partial charge in [0.1, 0.15) is 5.60 Å². The smallest absolute Gasteiger partial charge is 0.410 e. The van der Waals surface area contributed by atoms with Crippen molar-refractivity contribution in [2.75, 3.05) is 31.1 Å². The zero-order valence-electron chi connectivity index (χ0n) is 14.1. The number of amides is 1. The number of rotatable bonds is 1. The van der Waals surface area contributed by atoms with E-state index in [1.54, 1.807) is 4.90 Å². The molecule has 0 atom stereocenters. The van der Waals surface area contributed by atoms with Crippen LogP contribution in [0.2, 0.25) is 5.02 Å². The van der Waals surface area contributed by atoms with Gasteiger partial charge < -0.3 is 14.5 Å². The Bertz CT molecular complexity index is 535. The van der Waals surface area contributed by atoms with Crippen LogP contribution in [0.1, 0.15) is 31.9 Å². The predicted octanol–water partition coefficient (Wildman–Crippen LogP) is 4.01. The topological polar surface area (TPSA) is 32.8 Å². The molecule has 1 amide bonds. The second-order valence-electron chi connectivity index (χ2n) is 6.87. The fourth-order valence-electron chi connectivity index (χ4n) is 2.75. The molecule has 1 aromatic rings. The Hall–Kier alpha value is -1.42. The lowest BCUT2D eigenvalue weighted by atomic mass is 10.1. The van der Waals surface area contributed by atoms with Gasteiger partial charge in [0.05, 0.1) is 10.7 Å². The summed E-state index contributed by atoms with van der Waals surface area (Å²) in [6.07, 6.45) is -0.237. The highest BCUT2D eigenvalue weighted by Gasteiger charge is 2.27. The summed E-state index contributed by atoms with van der Waals surface area (Å²) in [6, 6.07) is 4.13. The van der Waals surface area contributed by atoms with Gasteiger partial charge >= 0.3 is 6.09 Å². The largest absolute Gasteiger partial charge is 0.444 e. The Morgan fingerprint density at radius 3 is 2.23 bits per heavy atom. The number of hydrogen-bond donors (Lipinski definition) is 0. The maximum Gasteiger partial charge on any atom is 0.410 e. The monoisotopic (exact) mass is 324 g/mol. The Labute approximate surface area is 138 Å². The maximum absolute atomic E-state index is 12.1. The third kappa shape index (κ3) is 4.07. The normalized spacial score (nSPS) is 15.9. The molecule has 5 heteroatoms. The van der Waals surface area contributed by atoms with E-state index in [4.69, 9.17) is 16.3 Å². The van der Waals surface area contributed by atoms with E-state index in [2.05, 4.69) is 17.9 Å². The molecular formula is C17H25ClN2O2. The quantitative estimate of drug-likeness (QED) is 0.782. The van der Waals surface area contributed by atoms with E-state index in [1.807, 2.05) is 33.8 Å². The molecule has 0 saturated carbocycles. The number of anilines is 1. The first kappa shape index (κ1) is 16.9. The molecule has 1 saturated heterocycles. The summed E-state index contributed by atoms with van der Waals surface area (Å²) in [7, 11) is 0. The molecule has 0 bridgehead atoms. The lowest BCUT2D eigenvalue weighted by molar-refractivity contribution is 0.0240. The molecule has 1 aromatic carbocycles. The Balaban J connectivity index is 2.02. The number of aryl methyl sites for hydroxylation is 2. The van der Waals surface area contributed by atoms with E-state index in [-0.39, 0.29) is 6.09 Å². The second kappa shape index (κ2) is 6.37. The Morgan fingerprint density at radius 2 is 1.73 bits per heavy atom. The van der Waals surface area contributed by atoms with Crippen molar-refractivity contribution >= 4 is 23.4 Å². The lowest BCUT2D eigenvalue weighted by Crippen LogP contribution is -2.50. The van der Waals surface area contributed by atoms with Crippen molar-refractivity contribution in [1.82, 2.24) is 4.90 Å². The van der Waals surface area contributed by atoms with Crippen LogP contribution in [-0.4, -0.2) is 42.8 Å². The first-order valence-electron chi connectivity index (χ1n) is 7.67. The highest BCUT2D eigenvalue weighted by molar-refractivity contribution is 6.33. The van der Waals surface area contributed by atoms with E-state index in [9.17, 15) is 4.79 Å². The number of halogens is 1. The van der Waals surface area contributed by atoms with Gasteiger partial charge in [-0.25, -0.2) is 4.79 Å². The summed E-state index contributed by atoms with van der Waals surface area (Å²) in [5.74, 6) is 0. The fourth-order valence-corrected chi connectivity index (χ4v) is 3.19. The van der Waals surface area contributed by atoms with Crippen LogP contribution in [0.25, 0.3) is 0 Å². The number of carbonyl (C=O) groups excluding carboxylic acids is 1. The van der Waals surface area contributed by atoms with Crippen LogP contribution in [0.4, 0.5) is 10.5 Å². The molecule has 2 rings (SSSR count). The zero-order chi connectivity index (χ0) is 16.5. The molecule has 122 valence electrons. The van der Waals surface area contributed by atoms with Crippen LogP contribution in [0.5, 0.6) is 0 Å². The van der Waals surface area contributed by atoms with E-state index < -0.39 is 5.60 Å². The standard InChI is InChI=1S/C17H25ClN2O2/c1-12-10-13(2)15(14(18)11-12)19-6-8-20(9-7-19)16(21)22-17(3,4)5/h10-11H,6-9H2,1-5H3. The fraction of sp³-hybridized carbons (Fsp3) is 0.588. The average Bonchev–Trinajstić information content (AvgIpc) is 2.36. The molecule has 0 radical (unpaired) electrons. The lowest BCUT2D eigenvalue weighted by Gasteiger charge is -2.37. The highest BCUT2D eigenvalue weighted by atomic mass is 35.5. The molecule has 1 fully saturated rings. The molecule has 0 aromatic heterocycles. The SMILES string of the molecule is Cc1cc(C)c(N2CCN(C(=O)OC(C)(C)C)CC2)c(Cl)c1. The molecule has 0 spiro atoms. The molecule has 1 aliphatic heterocycles. The average molecular weight is 325 g/mol. The van der Waals surface area contributed by atoms with Crippen LogP contribution >= 0.6 is 11.6 Å². The molecule has 0 unspecified atom stereocenters. The molecule has 1 heterocycles. The third-order valence-corrected chi connectivity index (χ3v) is 3.93. The Kier molecular flexibility index (Phi) is 4.90. The number of carbonyl (C=O) groups is 1. The van der Waals surface area contributed by atoms with Crippen molar-refractivity contribution in [1.29, 1.82) is 0 Å².